The zero-order chi connectivity index (χ0) is 13.2. The average molecular weight is 242 g/mol. The van der Waals surface area contributed by atoms with Crippen molar-refractivity contribution in [2.45, 2.75) is 25.9 Å². The lowest BCUT2D eigenvalue weighted by Crippen LogP contribution is -2.12. The molecule has 1 atom stereocenters. The van der Waals surface area contributed by atoms with Crippen LogP contribution in [0.15, 0.2) is 12.1 Å². The van der Waals surface area contributed by atoms with Gasteiger partial charge < -0.3 is 14.9 Å². The number of benzene rings is 1. The summed E-state index contributed by atoms with van der Waals surface area (Å²) in [6.45, 7) is 3.60. The number of hydrogen-bond donors (Lipinski definition) is 2. The maximum absolute atomic E-state index is 13.8. The van der Waals surface area contributed by atoms with E-state index in [0.29, 0.717) is 5.56 Å². The number of carbonyl (C=O) groups is 1. The Balaban J connectivity index is 3.31. The van der Waals surface area contributed by atoms with E-state index in [1.54, 1.807) is 13.8 Å². The molecule has 0 spiro atoms. The number of aliphatic hydroxyl groups is 1. The van der Waals surface area contributed by atoms with E-state index < -0.39 is 17.9 Å². The molecular formula is C12H15FO4. The smallest absolute Gasteiger partial charge is 0.337 e. The molecule has 2 N–H and O–H groups in total. The summed E-state index contributed by atoms with van der Waals surface area (Å²) >= 11 is 0. The van der Waals surface area contributed by atoms with Crippen molar-refractivity contribution in [2.24, 2.45) is 0 Å². The molecule has 1 aromatic rings. The molecular weight excluding hydrogens is 227 g/mol. The highest BCUT2D eigenvalue weighted by molar-refractivity contribution is 5.74. The van der Waals surface area contributed by atoms with Gasteiger partial charge in [-0.2, -0.15) is 0 Å². The van der Waals surface area contributed by atoms with Crippen molar-refractivity contribution in [2.75, 3.05) is 7.11 Å². The molecule has 1 rings (SSSR count). The van der Waals surface area contributed by atoms with Gasteiger partial charge in [0.25, 0.3) is 0 Å². The molecule has 0 amide bonds. The van der Waals surface area contributed by atoms with Crippen molar-refractivity contribution in [3.8, 4) is 5.75 Å². The summed E-state index contributed by atoms with van der Waals surface area (Å²) in [5, 5.41) is 18.0. The van der Waals surface area contributed by atoms with Gasteiger partial charge in [0.15, 0.2) is 6.10 Å². The fourth-order valence-corrected chi connectivity index (χ4v) is 1.64. The molecule has 0 heterocycles. The van der Waals surface area contributed by atoms with Gasteiger partial charge in [0.2, 0.25) is 0 Å². The molecule has 0 fully saturated rings. The summed E-state index contributed by atoms with van der Waals surface area (Å²) in [5.41, 5.74) is 0.338. The second kappa shape index (κ2) is 5.14. The van der Waals surface area contributed by atoms with E-state index in [1.165, 1.54) is 13.2 Å². The van der Waals surface area contributed by atoms with Crippen molar-refractivity contribution in [1.29, 1.82) is 0 Å². The minimum Gasteiger partial charge on any atom is -0.496 e. The zero-order valence-electron chi connectivity index (χ0n) is 9.90. The summed E-state index contributed by atoms with van der Waals surface area (Å²) < 4.78 is 18.8. The minimum atomic E-state index is -1.75. The molecule has 0 aliphatic rings. The van der Waals surface area contributed by atoms with Gasteiger partial charge in [-0.15, -0.1) is 0 Å². The second-order valence-electron chi connectivity index (χ2n) is 4.01. The van der Waals surface area contributed by atoms with Gasteiger partial charge >= 0.3 is 5.97 Å². The van der Waals surface area contributed by atoms with Crippen LogP contribution in [0.2, 0.25) is 0 Å². The molecule has 0 saturated heterocycles. The first-order valence-corrected chi connectivity index (χ1v) is 5.16. The summed E-state index contributed by atoms with van der Waals surface area (Å²) in [5.74, 6) is -1.85. The lowest BCUT2D eigenvalue weighted by atomic mass is 9.97. The maximum atomic E-state index is 13.8. The van der Waals surface area contributed by atoms with Gasteiger partial charge in [0, 0.05) is 5.56 Å². The lowest BCUT2D eigenvalue weighted by Gasteiger charge is -2.15. The third-order valence-corrected chi connectivity index (χ3v) is 2.46. The molecule has 0 aliphatic heterocycles. The summed E-state index contributed by atoms with van der Waals surface area (Å²) in [6, 6.07) is 2.37. The number of hydrogen-bond acceptors (Lipinski definition) is 3. The van der Waals surface area contributed by atoms with E-state index in [4.69, 9.17) is 9.84 Å². The van der Waals surface area contributed by atoms with Crippen molar-refractivity contribution >= 4 is 5.97 Å². The predicted octanol–water partition coefficient (Wildman–Crippen LogP) is 2.08. The molecule has 0 saturated carbocycles. The van der Waals surface area contributed by atoms with E-state index >= 15 is 0 Å². The van der Waals surface area contributed by atoms with Crippen LogP contribution in [0.3, 0.4) is 0 Å². The summed E-state index contributed by atoms with van der Waals surface area (Å²) in [6.07, 6.45) is -1.75. The van der Waals surface area contributed by atoms with E-state index in [-0.39, 0.29) is 17.2 Å². The monoisotopic (exact) mass is 242 g/mol. The standard InChI is InChI=1S/C12H15FO4/c1-6(2)10-8(13)4-7(5-9(10)17-3)11(14)12(15)16/h4-6,11,14H,1-3H3,(H,15,16). The third kappa shape index (κ3) is 2.74. The number of carboxylic acid groups (broad SMARTS) is 1. The number of halogens is 1. The van der Waals surface area contributed by atoms with Crippen LogP contribution < -0.4 is 4.74 Å². The Kier molecular flexibility index (Phi) is 4.07. The summed E-state index contributed by atoms with van der Waals surface area (Å²) in [7, 11) is 1.37. The van der Waals surface area contributed by atoms with Crippen LogP contribution in [0.25, 0.3) is 0 Å². The molecule has 0 bridgehead atoms. The number of carboxylic acids is 1. The van der Waals surface area contributed by atoms with Crippen molar-refractivity contribution in [1.82, 2.24) is 0 Å². The van der Waals surface area contributed by atoms with Gasteiger partial charge in [-0.25, -0.2) is 9.18 Å². The van der Waals surface area contributed by atoms with Crippen LogP contribution in [-0.2, 0) is 4.79 Å². The molecule has 94 valence electrons. The third-order valence-electron chi connectivity index (χ3n) is 2.46. The highest BCUT2D eigenvalue weighted by Crippen LogP contribution is 2.32. The molecule has 0 aliphatic carbocycles. The van der Waals surface area contributed by atoms with Gasteiger partial charge in [0.05, 0.1) is 7.11 Å². The van der Waals surface area contributed by atoms with Crippen molar-refractivity contribution in [3.63, 3.8) is 0 Å². The molecule has 1 aromatic carbocycles. The van der Waals surface area contributed by atoms with Gasteiger partial charge in [-0.05, 0) is 23.6 Å². The Morgan fingerprint density at radius 2 is 2.00 bits per heavy atom. The molecule has 0 aromatic heterocycles. The largest absolute Gasteiger partial charge is 0.496 e. The van der Waals surface area contributed by atoms with Crippen LogP contribution in [0, 0.1) is 5.82 Å². The molecule has 5 heteroatoms. The van der Waals surface area contributed by atoms with E-state index in [1.807, 2.05) is 0 Å². The second-order valence-corrected chi connectivity index (χ2v) is 4.01. The van der Waals surface area contributed by atoms with Crippen LogP contribution in [-0.4, -0.2) is 23.3 Å². The number of aliphatic hydroxyl groups excluding tert-OH is 1. The fourth-order valence-electron chi connectivity index (χ4n) is 1.64. The van der Waals surface area contributed by atoms with Crippen molar-refractivity contribution in [3.05, 3.63) is 29.1 Å². The van der Waals surface area contributed by atoms with E-state index in [2.05, 4.69) is 0 Å². The van der Waals surface area contributed by atoms with Crippen LogP contribution >= 0.6 is 0 Å². The number of aliphatic carboxylic acids is 1. The Hall–Kier alpha value is -1.62. The van der Waals surface area contributed by atoms with Crippen LogP contribution in [0.5, 0.6) is 5.75 Å². The molecule has 17 heavy (non-hydrogen) atoms. The fraction of sp³-hybridized carbons (Fsp3) is 0.417. The van der Waals surface area contributed by atoms with E-state index in [9.17, 15) is 14.3 Å². The normalized spacial score (nSPS) is 12.6. The highest BCUT2D eigenvalue weighted by atomic mass is 19.1. The number of ether oxygens (including phenoxy) is 1. The molecule has 0 radical (unpaired) electrons. The predicted molar refractivity (Wildman–Crippen MR) is 59.6 cm³/mol. The highest BCUT2D eigenvalue weighted by Gasteiger charge is 2.21. The van der Waals surface area contributed by atoms with Gasteiger partial charge in [-0.3, -0.25) is 0 Å². The minimum absolute atomic E-state index is 0.0312. The van der Waals surface area contributed by atoms with Crippen LogP contribution in [0.1, 0.15) is 37.0 Å². The Labute approximate surface area is 98.7 Å². The Morgan fingerprint density at radius 1 is 1.41 bits per heavy atom. The van der Waals surface area contributed by atoms with Gasteiger partial charge in [-0.1, -0.05) is 13.8 Å². The molecule has 4 nitrogen and oxygen atoms in total. The zero-order valence-corrected chi connectivity index (χ0v) is 9.90. The summed E-state index contributed by atoms with van der Waals surface area (Å²) in [4.78, 5) is 10.6. The first-order chi connectivity index (χ1) is 7.88. The molecule has 1 unspecified atom stereocenters. The number of methoxy groups -OCH3 is 1. The first kappa shape index (κ1) is 13.4. The SMILES string of the molecule is COc1cc(C(O)C(=O)O)cc(F)c1C(C)C. The van der Waals surface area contributed by atoms with Gasteiger partial charge in [0.1, 0.15) is 11.6 Å². The van der Waals surface area contributed by atoms with Crippen LogP contribution in [0.4, 0.5) is 4.39 Å². The Bertz CT molecular complexity index is 429. The van der Waals surface area contributed by atoms with E-state index in [0.717, 1.165) is 6.07 Å². The topological polar surface area (TPSA) is 66.8 Å². The van der Waals surface area contributed by atoms with Crippen molar-refractivity contribution < 1.29 is 24.1 Å². The number of rotatable bonds is 4. The quantitative estimate of drug-likeness (QED) is 0.848. The first-order valence-electron chi connectivity index (χ1n) is 5.16. The maximum Gasteiger partial charge on any atom is 0.337 e. The Morgan fingerprint density at radius 3 is 2.41 bits per heavy atom. The average Bonchev–Trinajstić information content (AvgIpc) is 2.25. The lowest BCUT2D eigenvalue weighted by molar-refractivity contribution is -0.146.